The quantitative estimate of drug-likeness (QED) is 0.110. The van der Waals surface area contributed by atoms with Gasteiger partial charge in [0.1, 0.15) is 17.5 Å². The maximum atomic E-state index is 11.7. The van der Waals surface area contributed by atoms with Crippen molar-refractivity contribution in [3.05, 3.63) is 35.3 Å². The van der Waals surface area contributed by atoms with E-state index in [0.717, 1.165) is 19.3 Å². The first-order chi connectivity index (χ1) is 32.9. The predicted octanol–water partition coefficient (Wildman–Crippen LogP) is 5.24. The minimum absolute atomic E-state index is 0.0751. The minimum Gasteiger partial charge on any atom is -0.393 e. The zero-order valence-corrected chi connectivity index (χ0v) is 42.5. The molecule has 15 N–H and O–H groups in total. The molecule has 0 saturated heterocycles. The lowest BCUT2D eigenvalue weighted by Gasteiger charge is -2.32. The van der Waals surface area contributed by atoms with E-state index < -0.39 is 47.9 Å². The second-order valence-corrected chi connectivity index (χ2v) is 21.6. The second kappa shape index (κ2) is 23.8. The number of nitrogens with zero attached hydrogens (tertiary/aromatic N) is 6. The van der Waals surface area contributed by atoms with Gasteiger partial charge in [0.05, 0.1) is 37.7 Å². The van der Waals surface area contributed by atoms with Crippen LogP contribution >= 0.6 is 0 Å². The molecule has 9 unspecified atom stereocenters. The smallest absolute Gasteiger partial charge is 0.254 e. The van der Waals surface area contributed by atoms with Crippen LogP contribution in [0.15, 0.2) is 18.6 Å². The fourth-order valence-electron chi connectivity index (χ4n) is 7.59. The maximum Gasteiger partial charge on any atom is 0.254 e. The van der Waals surface area contributed by atoms with Crippen LogP contribution in [0.2, 0.25) is 0 Å². The zero-order valence-electron chi connectivity index (χ0n) is 45.5. The predicted molar refractivity (Wildman–Crippen MR) is 271 cm³/mol. The normalized spacial score (nSPS) is 28.8. The molecule has 6 rings (SSSR count). The van der Waals surface area contributed by atoms with E-state index in [-0.39, 0.29) is 75.9 Å². The van der Waals surface area contributed by atoms with Gasteiger partial charge in [0.15, 0.2) is 0 Å². The molecule has 9 atom stereocenters. The average molecular weight is 967 g/mol. The molecule has 0 radical (unpaired) electrons. The monoisotopic (exact) mass is 967 g/mol. The first-order valence-electron chi connectivity index (χ1n) is 25.2. The number of carbonyl (C=O) groups is 3. The van der Waals surface area contributed by atoms with Gasteiger partial charge in [0, 0.05) is 54.7 Å². The van der Waals surface area contributed by atoms with Gasteiger partial charge >= 0.3 is 0 Å². The van der Waals surface area contributed by atoms with Crippen LogP contribution in [0.5, 0.6) is 0 Å². The van der Waals surface area contributed by atoms with Gasteiger partial charge < -0.3 is 64.4 Å². The van der Waals surface area contributed by atoms with Crippen LogP contribution in [0, 0.1) is 17.7 Å². The van der Waals surface area contributed by atoms with Crippen LogP contribution in [0.1, 0.15) is 176 Å². The summed E-state index contributed by atoms with van der Waals surface area (Å²) in [6.07, 6.45) is 6.39. The van der Waals surface area contributed by atoms with Crippen molar-refractivity contribution < 1.29 is 33.8 Å². The molecular weight excluding hydrogens is 883 g/mol. The number of aliphatic hydroxyl groups excluding tert-OH is 2. The van der Waals surface area contributed by atoms with Gasteiger partial charge in [0.2, 0.25) is 17.8 Å². The van der Waals surface area contributed by atoms with Gasteiger partial charge in [-0.2, -0.15) is 15.0 Å². The van der Waals surface area contributed by atoms with Gasteiger partial charge in [-0.1, -0.05) is 20.8 Å². The molecule has 3 amide bonds. The molecule has 3 heterocycles. The van der Waals surface area contributed by atoms with Crippen LogP contribution in [-0.2, 0) is 0 Å². The van der Waals surface area contributed by atoms with Crippen LogP contribution < -0.4 is 49.1 Å². The Hall–Kier alpha value is -5.67. The number of amides is 3. The summed E-state index contributed by atoms with van der Waals surface area (Å²) in [5, 5.41) is 49.1. The van der Waals surface area contributed by atoms with Crippen molar-refractivity contribution in [2.24, 2.45) is 34.9 Å². The maximum absolute atomic E-state index is 11.7. The van der Waals surface area contributed by atoms with E-state index in [1.165, 1.54) is 18.6 Å². The van der Waals surface area contributed by atoms with E-state index >= 15 is 0 Å². The number of hydrogen-bond donors (Lipinski definition) is 12. The summed E-state index contributed by atoms with van der Waals surface area (Å²) in [6, 6.07) is -1.32. The van der Waals surface area contributed by atoms with E-state index in [1.54, 1.807) is 6.92 Å². The Morgan fingerprint density at radius 1 is 0.536 bits per heavy atom. The van der Waals surface area contributed by atoms with Crippen molar-refractivity contribution in [1.29, 1.82) is 0 Å². The standard InChI is InChI=1S/3C16H27N5O2/c3*1-9-5-6-10(7-12(9)22)19-14-11(13(17)23)8-18-15(20-14)21-16(2,3)4/h3*8-10,12,22H,5-7H2,1-4H3,(H2,17,23)(H2,18,19,20,21)/i12D;10D;9D. The highest BCUT2D eigenvalue weighted by Gasteiger charge is 2.30. The molecule has 0 spiro atoms. The molecule has 3 aromatic rings. The molecule has 0 aliphatic heterocycles. The molecule has 384 valence electrons. The second-order valence-electron chi connectivity index (χ2n) is 21.6. The lowest BCUT2D eigenvalue weighted by molar-refractivity contribution is 0.0737. The van der Waals surface area contributed by atoms with Gasteiger partial charge in [-0.3, -0.25) is 14.4 Å². The van der Waals surface area contributed by atoms with Crippen LogP contribution in [0.4, 0.5) is 35.3 Å². The number of nitrogens with two attached hydrogens (primary N) is 3. The molecule has 0 aromatic carbocycles. The number of carbonyl (C=O) groups excluding carboxylic acids is 3. The Labute approximate surface area is 411 Å². The number of aromatic nitrogens is 6. The molecule has 3 fully saturated rings. The SMILES string of the molecule is [2H]C1(C)CCC(Nc2nc(NC(C)(C)C)ncc2C(N)=O)CC1O.[2H]C1(Nc2nc(NC(C)(C)C)ncc2C(N)=O)CCC(C)C(O)C1.[2H]C1(O)CC(Nc2nc(NC(C)(C)C)ncc2C(N)=O)CCC1C. The van der Waals surface area contributed by atoms with Crippen LogP contribution in [-0.4, -0.2) is 116 Å². The molecule has 3 aromatic heterocycles. The zero-order chi connectivity index (χ0) is 54.4. The highest BCUT2D eigenvalue weighted by Crippen LogP contribution is 2.30. The van der Waals surface area contributed by atoms with Gasteiger partial charge in [-0.05, 0) is 138 Å². The first-order valence-corrected chi connectivity index (χ1v) is 23.7. The minimum atomic E-state index is -1.48. The lowest BCUT2D eigenvalue weighted by atomic mass is 9.85. The Kier molecular flexibility index (Phi) is 17.6. The van der Waals surface area contributed by atoms with Crippen molar-refractivity contribution in [1.82, 2.24) is 29.9 Å². The largest absolute Gasteiger partial charge is 0.393 e. The topological polar surface area (TPSA) is 339 Å². The summed E-state index contributed by atoms with van der Waals surface area (Å²) in [5.74, 6) is -0.607. The Morgan fingerprint density at radius 2 is 0.913 bits per heavy atom. The molecule has 3 saturated carbocycles. The van der Waals surface area contributed by atoms with Gasteiger partial charge in [0.25, 0.3) is 17.7 Å². The molecule has 0 bridgehead atoms. The highest BCUT2D eigenvalue weighted by molar-refractivity contribution is 5.98. The van der Waals surface area contributed by atoms with E-state index in [9.17, 15) is 29.7 Å². The van der Waals surface area contributed by atoms with E-state index in [1.807, 2.05) is 76.2 Å². The van der Waals surface area contributed by atoms with Crippen molar-refractivity contribution in [3.63, 3.8) is 0 Å². The third kappa shape index (κ3) is 18.3. The summed E-state index contributed by atoms with van der Waals surface area (Å²) >= 11 is 0. The Balaban J connectivity index is 0.000000234. The summed E-state index contributed by atoms with van der Waals surface area (Å²) < 4.78 is 24.6. The van der Waals surface area contributed by atoms with Crippen LogP contribution in [0.25, 0.3) is 0 Å². The summed E-state index contributed by atoms with van der Waals surface area (Å²) in [6.45, 7) is 23.4. The molecule has 21 heteroatoms. The number of nitrogens with one attached hydrogen (secondary N) is 6. The van der Waals surface area contributed by atoms with Crippen molar-refractivity contribution in [2.45, 2.75) is 194 Å². The lowest BCUT2D eigenvalue weighted by Crippen LogP contribution is -2.36. The molecule has 21 nitrogen and oxygen atoms in total. The number of aliphatic hydroxyl groups is 3. The van der Waals surface area contributed by atoms with Crippen molar-refractivity contribution >= 4 is 53.0 Å². The number of anilines is 6. The molecule has 3 aliphatic rings. The Bertz CT molecular complexity index is 2360. The van der Waals surface area contributed by atoms with Gasteiger partial charge in [-0.25, -0.2) is 15.0 Å². The fraction of sp³-hybridized carbons (Fsp3) is 0.688. The van der Waals surface area contributed by atoms with Crippen molar-refractivity contribution in [3.8, 4) is 0 Å². The summed E-state index contributed by atoms with van der Waals surface area (Å²) in [5.41, 5.74) is 16.1. The first kappa shape index (κ1) is 51.2. The number of hydrogen-bond acceptors (Lipinski definition) is 18. The fourth-order valence-corrected chi connectivity index (χ4v) is 7.59. The molecule has 69 heavy (non-hydrogen) atoms. The van der Waals surface area contributed by atoms with E-state index in [4.69, 9.17) is 21.3 Å². The summed E-state index contributed by atoms with van der Waals surface area (Å²) in [4.78, 5) is 60.4. The third-order valence-electron chi connectivity index (χ3n) is 11.6. The number of primary amides is 3. The van der Waals surface area contributed by atoms with Gasteiger partial charge in [-0.15, -0.1) is 0 Å². The summed E-state index contributed by atoms with van der Waals surface area (Å²) in [7, 11) is 0. The Morgan fingerprint density at radius 3 is 1.28 bits per heavy atom. The average Bonchev–Trinajstić information content (AvgIpc) is 3.21. The van der Waals surface area contributed by atoms with Crippen LogP contribution in [0.3, 0.4) is 0 Å². The van der Waals surface area contributed by atoms with Crippen molar-refractivity contribution in [2.75, 3.05) is 31.9 Å². The van der Waals surface area contributed by atoms with E-state index in [2.05, 4.69) is 61.8 Å². The molecule has 3 aliphatic carbocycles. The highest BCUT2D eigenvalue weighted by atomic mass is 16.3. The van der Waals surface area contributed by atoms with E-state index in [0.29, 0.717) is 55.2 Å². The third-order valence-corrected chi connectivity index (χ3v) is 11.6. The number of rotatable bonds is 12. The molecular formula is C48H81N15O6.